The first-order valence-electron chi connectivity index (χ1n) is 7.63. The lowest BCUT2D eigenvalue weighted by Crippen LogP contribution is -2.46. The smallest absolute Gasteiger partial charge is 0.257 e. The van der Waals surface area contributed by atoms with Crippen molar-refractivity contribution in [1.82, 2.24) is 9.88 Å². The summed E-state index contributed by atoms with van der Waals surface area (Å²) in [4.78, 5) is 31.2. The zero-order valence-corrected chi connectivity index (χ0v) is 14.6. The van der Waals surface area contributed by atoms with Gasteiger partial charge in [0.25, 0.3) is 5.91 Å². The van der Waals surface area contributed by atoms with Gasteiger partial charge < -0.3 is 15.1 Å². The molecule has 6 nitrogen and oxygen atoms in total. The third kappa shape index (κ3) is 3.91. The monoisotopic (exact) mass is 388 g/mol. The van der Waals surface area contributed by atoms with Gasteiger partial charge in [0.1, 0.15) is 5.82 Å². The minimum absolute atomic E-state index is 0.192. The molecule has 1 aromatic carbocycles. The van der Waals surface area contributed by atoms with E-state index in [2.05, 4.69) is 31.1 Å². The van der Waals surface area contributed by atoms with Crippen LogP contribution in [0.15, 0.2) is 47.1 Å². The lowest BCUT2D eigenvalue weighted by atomic mass is 10.2. The summed E-state index contributed by atoms with van der Waals surface area (Å²) < 4.78 is 0.959. The zero-order chi connectivity index (χ0) is 16.9. The lowest BCUT2D eigenvalue weighted by molar-refractivity contribution is -0.118. The second-order valence-electron chi connectivity index (χ2n) is 5.49. The Balaban J connectivity index is 1.62. The van der Waals surface area contributed by atoms with E-state index in [0.717, 1.165) is 35.5 Å². The quantitative estimate of drug-likeness (QED) is 0.816. The Morgan fingerprint density at radius 3 is 2.38 bits per heavy atom. The highest BCUT2D eigenvalue weighted by Crippen LogP contribution is 2.17. The number of nitrogens with one attached hydrogen (secondary N) is 1. The highest BCUT2D eigenvalue weighted by Gasteiger charge is 2.17. The molecule has 0 atom stereocenters. The van der Waals surface area contributed by atoms with E-state index in [0.29, 0.717) is 18.7 Å². The number of rotatable bonds is 4. The average Bonchev–Trinajstić information content (AvgIpc) is 2.64. The summed E-state index contributed by atoms with van der Waals surface area (Å²) in [6, 6.07) is 11.0. The summed E-state index contributed by atoms with van der Waals surface area (Å²) in [5.74, 6) is 0.628. The summed E-state index contributed by atoms with van der Waals surface area (Å²) in [6.45, 7) is 2.88. The maximum absolute atomic E-state index is 12.2. The number of pyridine rings is 1. The van der Waals surface area contributed by atoms with Gasteiger partial charge in [-0.05, 0) is 36.4 Å². The Hall–Kier alpha value is -2.41. The standard InChI is InChI=1S/C17H17BrN4O2/c18-14-2-4-15(5-3-14)20-17(24)13-1-6-16(19-11-13)22-9-7-21(12-23)8-10-22/h1-6,11-12H,7-10H2,(H,20,24). The van der Waals surface area contributed by atoms with Crippen molar-refractivity contribution in [2.24, 2.45) is 0 Å². The summed E-state index contributed by atoms with van der Waals surface area (Å²) in [5.41, 5.74) is 1.24. The highest BCUT2D eigenvalue weighted by atomic mass is 79.9. The summed E-state index contributed by atoms with van der Waals surface area (Å²) >= 11 is 3.36. The van der Waals surface area contributed by atoms with Crippen LogP contribution in [-0.4, -0.2) is 48.4 Å². The van der Waals surface area contributed by atoms with E-state index in [4.69, 9.17) is 0 Å². The molecule has 1 fully saturated rings. The Bertz CT molecular complexity index is 710. The van der Waals surface area contributed by atoms with Crippen LogP contribution < -0.4 is 10.2 Å². The molecular formula is C17H17BrN4O2. The van der Waals surface area contributed by atoms with Crippen LogP contribution in [0.5, 0.6) is 0 Å². The van der Waals surface area contributed by atoms with Crippen LogP contribution in [-0.2, 0) is 4.79 Å². The minimum Gasteiger partial charge on any atom is -0.353 e. The summed E-state index contributed by atoms with van der Waals surface area (Å²) in [7, 11) is 0. The molecule has 1 aromatic heterocycles. The van der Waals surface area contributed by atoms with Gasteiger partial charge in [0.15, 0.2) is 0 Å². The molecule has 2 heterocycles. The topological polar surface area (TPSA) is 65.5 Å². The number of benzene rings is 1. The van der Waals surface area contributed by atoms with E-state index in [-0.39, 0.29) is 5.91 Å². The second kappa shape index (κ2) is 7.44. The van der Waals surface area contributed by atoms with E-state index in [1.54, 1.807) is 17.2 Å². The molecule has 0 spiro atoms. The normalized spacial score (nSPS) is 14.4. The van der Waals surface area contributed by atoms with Crippen molar-refractivity contribution in [2.75, 3.05) is 36.4 Å². The third-order valence-corrected chi connectivity index (χ3v) is 4.43. The van der Waals surface area contributed by atoms with Gasteiger partial charge in [0.2, 0.25) is 6.41 Å². The number of hydrogen-bond donors (Lipinski definition) is 1. The van der Waals surface area contributed by atoms with Gasteiger partial charge in [-0.15, -0.1) is 0 Å². The molecule has 0 unspecified atom stereocenters. The molecule has 1 N–H and O–H groups in total. The largest absolute Gasteiger partial charge is 0.353 e. The molecule has 7 heteroatoms. The number of hydrogen-bond acceptors (Lipinski definition) is 4. The van der Waals surface area contributed by atoms with Gasteiger partial charge in [-0.1, -0.05) is 15.9 Å². The molecule has 1 aliphatic heterocycles. The lowest BCUT2D eigenvalue weighted by Gasteiger charge is -2.33. The predicted octanol–water partition coefficient (Wildman–Crippen LogP) is 2.37. The van der Waals surface area contributed by atoms with Crippen molar-refractivity contribution in [3.8, 4) is 0 Å². The fourth-order valence-electron chi connectivity index (χ4n) is 2.50. The van der Waals surface area contributed by atoms with E-state index < -0.39 is 0 Å². The molecule has 1 aliphatic rings. The number of aromatic nitrogens is 1. The Labute approximate surface area is 148 Å². The second-order valence-corrected chi connectivity index (χ2v) is 6.41. The molecule has 1 saturated heterocycles. The first-order valence-corrected chi connectivity index (χ1v) is 8.42. The summed E-state index contributed by atoms with van der Waals surface area (Å²) in [5, 5.41) is 2.84. The van der Waals surface area contributed by atoms with Crippen LogP contribution in [0.2, 0.25) is 0 Å². The van der Waals surface area contributed by atoms with Crippen LogP contribution in [0.3, 0.4) is 0 Å². The van der Waals surface area contributed by atoms with Crippen molar-refractivity contribution in [1.29, 1.82) is 0 Å². The fraction of sp³-hybridized carbons (Fsp3) is 0.235. The Kier molecular flexibility index (Phi) is 5.10. The van der Waals surface area contributed by atoms with Gasteiger partial charge in [-0.25, -0.2) is 4.98 Å². The third-order valence-electron chi connectivity index (χ3n) is 3.90. The van der Waals surface area contributed by atoms with Crippen molar-refractivity contribution in [3.05, 3.63) is 52.6 Å². The van der Waals surface area contributed by atoms with Crippen LogP contribution >= 0.6 is 15.9 Å². The molecular weight excluding hydrogens is 372 g/mol. The van der Waals surface area contributed by atoms with Gasteiger partial charge >= 0.3 is 0 Å². The first-order chi connectivity index (χ1) is 11.7. The molecule has 0 aliphatic carbocycles. The van der Waals surface area contributed by atoms with Crippen molar-refractivity contribution >= 4 is 39.8 Å². The zero-order valence-electron chi connectivity index (χ0n) is 13.0. The highest BCUT2D eigenvalue weighted by molar-refractivity contribution is 9.10. The van der Waals surface area contributed by atoms with Crippen molar-refractivity contribution in [3.63, 3.8) is 0 Å². The van der Waals surface area contributed by atoms with Crippen LogP contribution in [0.1, 0.15) is 10.4 Å². The van der Waals surface area contributed by atoms with Gasteiger partial charge in [0, 0.05) is 42.5 Å². The Morgan fingerprint density at radius 2 is 1.79 bits per heavy atom. The number of amides is 2. The van der Waals surface area contributed by atoms with Crippen molar-refractivity contribution < 1.29 is 9.59 Å². The van der Waals surface area contributed by atoms with E-state index in [9.17, 15) is 9.59 Å². The molecule has 24 heavy (non-hydrogen) atoms. The first kappa shape index (κ1) is 16.4. The Morgan fingerprint density at radius 1 is 1.08 bits per heavy atom. The number of halogens is 1. The number of nitrogens with zero attached hydrogens (tertiary/aromatic N) is 3. The maximum atomic E-state index is 12.2. The van der Waals surface area contributed by atoms with E-state index in [1.165, 1.54) is 0 Å². The number of carbonyl (C=O) groups excluding carboxylic acids is 2. The van der Waals surface area contributed by atoms with E-state index in [1.807, 2.05) is 30.3 Å². The molecule has 0 saturated carbocycles. The molecule has 3 rings (SSSR count). The van der Waals surface area contributed by atoms with Crippen LogP contribution in [0.25, 0.3) is 0 Å². The number of piperazine rings is 1. The van der Waals surface area contributed by atoms with Crippen LogP contribution in [0.4, 0.5) is 11.5 Å². The van der Waals surface area contributed by atoms with E-state index >= 15 is 0 Å². The number of carbonyl (C=O) groups is 2. The predicted molar refractivity (Wildman–Crippen MR) is 96.2 cm³/mol. The SMILES string of the molecule is O=CN1CCN(c2ccc(C(=O)Nc3ccc(Br)cc3)cn2)CC1. The molecule has 2 amide bonds. The molecule has 0 bridgehead atoms. The fourth-order valence-corrected chi connectivity index (χ4v) is 2.76. The van der Waals surface area contributed by atoms with Gasteiger partial charge in [-0.3, -0.25) is 9.59 Å². The minimum atomic E-state index is -0.192. The molecule has 0 radical (unpaired) electrons. The number of anilines is 2. The molecule has 2 aromatic rings. The van der Waals surface area contributed by atoms with Gasteiger partial charge in [0.05, 0.1) is 5.56 Å². The average molecular weight is 389 g/mol. The molecule has 124 valence electrons. The van der Waals surface area contributed by atoms with Gasteiger partial charge in [-0.2, -0.15) is 0 Å². The maximum Gasteiger partial charge on any atom is 0.257 e. The summed E-state index contributed by atoms with van der Waals surface area (Å²) in [6.07, 6.45) is 2.45. The van der Waals surface area contributed by atoms with Crippen LogP contribution in [0, 0.1) is 0 Å². The van der Waals surface area contributed by atoms with Crippen molar-refractivity contribution in [2.45, 2.75) is 0 Å².